The fourth-order valence-corrected chi connectivity index (χ4v) is 3.20. The number of carbonyl (C=O) groups is 1. The number of halogens is 3. The van der Waals surface area contributed by atoms with Crippen LogP contribution in [0, 0.1) is 17.5 Å². The molecule has 0 saturated carbocycles. The summed E-state index contributed by atoms with van der Waals surface area (Å²) in [5.41, 5.74) is -0.716. The second kappa shape index (κ2) is 7.68. The van der Waals surface area contributed by atoms with Crippen LogP contribution < -0.4 is 0 Å². The Bertz CT molecular complexity index is 676. The maximum Gasteiger partial charge on any atom is 0.410 e. The number of nitrogens with zero attached hydrogens (tertiary/aromatic N) is 1. The predicted molar refractivity (Wildman–Crippen MR) is 94.7 cm³/mol. The minimum atomic E-state index is -1.25. The van der Waals surface area contributed by atoms with Gasteiger partial charge in [0.1, 0.15) is 11.4 Å². The van der Waals surface area contributed by atoms with Gasteiger partial charge in [0.2, 0.25) is 0 Å². The van der Waals surface area contributed by atoms with Gasteiger partial charge in [0.15, 0.2) is 11.6 Å². The molecule has 0 aromatic heterocycles. The highest BCUT2D eigenvalue weighted by Gasteiger charge is 2.42. The van der Waals surface area contributed by atoms with Crippen molar-refractivity contribution in [1.29, 1.82) is 0 Å². The number of likely N-dealkylation sites (tertiary alicyclic amines) is 1. The first-order valence-corrected chi connectivity index (χ1v) is 8.76. The van der Waals surface area contributed by atoms with Gasteiger partial charge < -0.3 is 14.4 Å². The number of ether oxygens (including phenoxy) is 2. The molecule has 8 heteroatoms. The fraction of sp³-hybridized carbons (Fsp3) is 0.611. The Morgan fingerprint density at radius 1 is 1.27 bits per heavy atom. The zero-order valence-corrected chi connectivity index (χ0v) is 16.2. The molecule has 1 amide bonds. The number of carbonyl (C=O) groups excluding carboxylic acids is 1. The van der Waals surface area contributed by atoms with Gasteiger partial charge in [0.25, 0.3) is 0 Å². The molecule has 1 aromatic rings. The molecular weight excluding hydrogens is 367 g/mol. The van der Waals surface area contributed by atoms with Crippen molar-refractivity contribution in [3.05, 3.63) is 35.1 Å². The van der Waals surface area contributed by atoms with Crippen LogP contribution in [0.4, 0.5) is 18.0 Å². The van der Waals surface area contributed by atoms with Gasteiger partial charge in [-0.2, -0.15) is 12.6 Å². The van der Waals surface area contributed by atoms with Gasteiger partial charge in [0.05, 0.1) is 19.3 Å². The van der Waals surface area contributed by atoms with E-state index in [0.717, 1.165) is 6.07 Å². The molecule has 2 rings (SSSR count). The first-order valence-electron chi connectivity index (χ1n) is 8.31. The van der Waals surface area contributed by atoms with Gasteiger partial charge in [-0.15, -0.1) is 0 Å². The van der Waals surface area contributed by atoms with Crippen molar-refractivity contribution in [2.45, 2.75) is 57.1 Å². The number of benzene rings is 1. The number of amides is 1. The molecule has 26 heavy (non-hydrogen) atoms. The number of hydrogen-bond donors (Lipinski definition) is 1. The second-order valence-electron chi connectivity index (χ2n) is 7.84. The lowest BCUT2D eigenvalue weighted by Gasteiger charge is -2.28. The highest BCUT2D eigenvalue weighted by Crippen LogP contribution is 2.33. The van der Waals surface area contributed by atoms with Crippen LogP contribution >= 0.6 is 12.6 Å². The van der Waals surface area contributed by atoms with Crippen LogP contribution in [-0.2, 0) is 16.1 Å². The van der Waals surface area contributed by atoms with Crippen molar-refractivity contribution < 1.29 is 27.4 Å². The lowest BCUT2D eigenvalue weighted by molar-refractivity contribution is 0.00846. The van der Waals surface area contributed by atoms with Gasteiger partial charge in [-0.3, -0.25) is 0 Å². The average Bonchev–Trinajstić information content (AvgIpc) is 2.78. The van der Waals surface area contributed by atoms with Crippen LogP contribution in [0.25, 0.3) is 0 Å². The van der Waals surface area contributed by atoms with Crippen LogP contribution in [-0.4, -0.2) is 40.5 Å². The van der Waals surface area contributed by atoms with Crippen LogP contribution in [0.2, 0.25) is 0 Å². The Labute approximate surface area is 157 Å². The molecule has 0 unspecified atom stereocenters. The quantitative estimate of drug-likeness (QED) is 0.614. The molecule has 1 fully saturated rings. The topological polar surface area (TPSA) is 38.8 Å². The Balaban J connectivity index is 2.00. The van der Waals surface area contributed by atoms with E-state index in [1.54, 1.807) is 25.7 Å². The number of rotatable bonds is 4. The van der Waals surface area contributed by atoms with E-state index >= 15 is 0 Å². The maximum absolute atomic E-state index is 13.7. The average molecular weight is 391 g/mol. The Hall–Kier alpha value is -1.41. The molecule has 1 aromatic carbocycles. The van der Waals surface area contributed by atoms with E-state index in [-0.39, 0.29) is 24.8 Å². The van der Waals surface area contributed by atoms with E-state index in [4.69, 9.17) is 9.47 Å². The molecule has 0 N–H and O–H groups in total. The lowest BCUT2D eigenvalue weighted by Crippen LogP contribution is -2.42. The minimum Gasteiger partial charge on any atom is -0.444 e. The monoisotopic (exact) mass is 391 g/mol. The summed E-state index contributed by atoms with van der Waals surface area (Å²) in [7, 11) is 0. The highest BCUT2D eigenvalue weighted by molar-refractivity contribution is 7.81. The van der Waals surface area contributed by atoms with Gasteiger partial charge >= 0.3 is 6.09 Å². The van der Waals surface area contributed by atoms with E-state index in [1.165, 1.54) is 0 Å². The van der Waals surface area contributed by atoms with E-state index in [2.05, 4.69) is 12.6 Å². The molecule has 1 heterocycles. The zero-order valence-electron chi connectivity index (χ0n) is 15.3. The molecule has 0 spiro atoms. The Morgan fingerprint density at radius 3 is 2.50 bits per heavy atom. The van der Waals surface area contributed by atoms with Crippen LogP contribution in [0.15, 0.2) is 12.1 Å². The first kappa shape index (κ1) is 20.9. The normalized spacial score (nSPS) is 23.4. The fourth-order valence-electron chi connectivity index (χ4n) is 2.84. The van der Waals surface area contributed by atoms with E-state index in [0.29, 0.717) is 19.0 Å². The van der Waals surface area contributed by atoms with Crippen LogP contribution in [0.1, 0.15) is 39.7 Å². The van der Waals surface area contributed by atoms with Crippen molar-refractivity contribution in [3.63, 3.8) is 0 Å². The first-order chi connectivity index (χ1) is 11.9. The SMILES string of the molecule is CC(C)(C)OC(=O)N1C[C@@](C)(S)C[C@H]1COCc1cc(F)c(F)cc1F. The molecule has 0 radical (unpaired) electrons. The Kier molecular flexibility index (Phi) is 6.17. The van der Waals surface area contributed by atoms with Gasteiger partial charge in [-0.25, -0.2) is 18.0 Å². The van der Waals surface area contributed by atoms with Crippen LogP contribution in [0.5, 0.6) is 0 Å². The summed E-state index contributed by atoms with van der Waals surface area (Å²) in [5, 5.41) is 0. The summed E-state index contributed by atoms with van der Waals surface area (Å²) < 4.78 is 50.3. The van der Waals surface area contributed by atoms with Crippen molar-refractivity contribution in [1.82, 2.24) is 4.90 Å². The summed E-state index contributed by atoms with van der Waals surface area (Å²) >= 11 is 4.55. The third-order valence-electron chi connectivity index (χ3n) is 3.91. The summed E-state index contributed by atoms with van der Waals surface area (Å²) in [6.07, 6.45) is 0.0955. The third-order valence-corrected chi connectivity index (χ3v) is 4.24. The van der Waals surface area contributed by atoms with Crippen LogP contribution in [0.3, 0.4) is 0 Å². The van der Waals surface area contributed by atoms with Gasteiger partial charge in [-0.05, 0) is 40.2 Å². The summed E-state index contributed by atoms with van der Waals surface area (Å²) in [6.45, 7) is 7.49. The Morgan fingerprint density at radius 2 is 1.88 bits per heavy atom. The van der Waals surface area contributed by atoms with E-state index in [9.17, 15) is 18.0 Å². The van der Waals surface area contributed by atoms with Crippen molar-refractivity contribution >= 4 is 18.7 Å². The molecule has 4 nitrogen and oxygen atoms in total. The van der Waals surface area contributed by atoms with E-state index < -0.39 is 33.9 Å². The predicted octanol–water partition coefficient (Wildman–Crippen LogP) is 4.32. The summed E-state index contributed by atoms with van der Waals surface area (Å²) in [5.74, 6) is -3.26. The highest BCUT2D eigenvalue weighted by atomic mass is 32.1. The number of thiol groups is 1. The molecule has 146 valence electrons. The zero-order chi connectivity index (χ0) is 19.7. The summed E-state index contributed by atoms with van der Waals surface area (Å²) in [6, 6.07) is 0.954. The molecule has 2 atom stereocenters. The molecular formula is C18H24F3NO3S. The largest absolute Gasteiger partial charge is 0.444 e. The standard InChI is InChI=1S/C18H24F3NO3S/c1-17(2,3)25-16(23)22-10-18(4,26)7-12(22)9-24-8-11-5-14(20)15(21)6-13(11)19/h5-6,12,26H,7-10H2,1-4H3/t12-,18-/m0/s1. The molecule has 1 aliphatic rings. The van der Waals surface area contributed by atoms with Crippen molar-refractivity contribution in [2.24, 2.45) is 0 Å². The summed E-state index contributed by atoms with van der Waals surface area (Å²) in [4.78, 5) is 13.9. The third kappa shape index (κ3) is 5.54. The molecule has 1 saturated heterocycles. The smallest absolute Gasteiger partial charge is 0.410 e. The lowest BCUT2D eigenvalue weighted by atomic mass is 10.1. The maximum atomic E-state index is 13.7. The molecule has 0 aliphatic carbocycles. The van der Waals surface area contributed by atoms with E-state index in [1.807, 2.05) is 6.92 Å². The van der Waals surface area contributed by atoms with Crippen molar-refractivity contribution in [2.75, 3.05) is 13.2 Å². The minimum absolute atomic E-state index is 0.0839. The second-order valence-corrected chi connectivity index (χ2v) is 8.92. The molecule has 1 aliphatic heterocycles. The number of hydrogen-bond acceptors (Lipinski definition) is 4. The molecule has 0 bridgehead atoms. The van der Waals surface area contributed by atoms with Crippen molar-refractivity contribution in [3.8, 4) is 0 Å². The van der Waals surface area contributed by atoms with Gasteiger partial charge in [-0.1, -0.05) is 0 Å². The van der Waals surface area contributed by atoms with Gasteiger partial charge in [0, 0.05) is 22.9 Å².